The summed E-state index contributed by atoms with van der Waals surface area (Å²) in [7, 11) is 0. The first-order chi connectivity index (χ1) is 17.3. The van der Waals surface area contributed by atoms with Crippen LogP contribution in [0.1, 0.15) is 61.4 Å². The number of nitrogens with zero attached hydrogens (tertiary/aromatic N) is 3. The number of aromatic nitrogens is 4. The van der Waals surface area contributed by atoms with Gasteiger partial charge in [0.2, 0.25) is 0 Å². The van der Waals surface area contributed by atoms with Crippen molar-refractivity contribution in [3.63, 3.8) is 0 Å². The lowest BCUT2D eigenvalue weighted by Crippen LogP contribution is -2.33. The normalized spacial score (nSPS) is 12.6. The fourth-order valence-corrected chi connectivity index (χ4v) is 5.09. The van der Waals surface area contributed by atoms with Crippen LogP contribution in [-0.4, -0.2) is 50.8 Å². The third kappa shape index (κ3) is 6.10. The molecular formula is C26H33N5O4S. The minimum Gasteiger partial charge on any atom is -0.461 e. The summed E-state index contributed by atoms with van der Waals surface area (Å²) in [4.78, 5) is 24.9. The van der Waals surface area contributed by atoms with Crippen LogP contribution in [0.4, 0.5) is 4.79 Å². The average molecular weight is 512 g/mol. The largest absolute Gasteiger partial charge is 0.461 e. The molecule has 0 aliphatic heterocycles. The smallest absolute Gasteiger partial charge is 0.407 e. The molecule has 10 heteroatoms. The third-order valence-electron chi connectivity index (χ3n) is 5.62. The molecule has 9 nitrogen and oxygen atoms in total. The van der Waals surface area contributed by atoms with Gasteiger partial charge in [0.25, 0.3) is 0 Å². The topological polar surface area (TPSA) is 111 Å². The summed E-state index contributed by atoms with van der Waals surface area (Å²) in [5, 5.41) is 16.2. The van der Waals surface area contributed by atoms with Crippen LogP contribution in [0.25, 0.3) is 11.3 Å². The van der Waals surface area contributed by atoms with E-state index >= 15 is 0 Å². The number of carbonyl (C=O) groups excluding carboxylic acids is 2. The van der Waals surface area contributed by atoms with E-state index in [2.05, 4.69) is 27.6 Å². The minimum atomic E-state index is -0.555. The number of fused-ring (bicyclic) bond motifs is 3. The molecule has 0 spiro atoms. The van der Waals surface area contributed by atoms with Crippen LogP contribution in [0.3, 0.4) is 0 Å². The number of aryl methyl sites for hydroxylation is 2. The number of thioether (sulfide) groups is 1. The SMILES string of the molecule is CCOC(=O)c1c2c(nn1CCCNC(=O)OC(C)(C)C)-c1c(SCc3ccccc3)n[nH]c1CC2. The van der Waals surface area contributed by atoms with Gasteiger partial charge in [0.15, 0.2) is 0 Å². The van der Waals surface area contributed by atoms with Gasteiger partial charge in [-0.2, -0.15) is 10.2 Å². The highest BCUT2D eigenvalue weighted by Gasteiger charge is 2.32. The van der Waals surface area contributed by atoms with Crippen molar-refractivity contribution in [1.82, 2.24) is 25.3 Å². The number of carbonyl (C=O) groups is 2. The number of rotatable bonds is 9. The van der Waals surface area contributed by atoms with Gasteiger partial charge in [0.1, 0.15) is 22.0 Å². The molecule has 36 heavy (non-hydrogen) atoms. The zero-order valence-electron chi connectivity index (χ0n) is 21.2. The number of nitrogens with one attached hydrogen (secondary N) is 2. The van der Waals surface area contributed by atoms with Crippen molar-refractivity contribution in [3.8, 4) is 11.3 Å². The second kappa shape index (κ2) is 11.2. The molecule has 2 aromatic heterocycles. The van der Waals surface area contributed by atoms with E-state index in [1.165, 1.54) is 5.56 Å². The molecule has 2 heterocycles. The van der Waals surface area contributed by atoms with E-state index in [-0.39, 0.29) is 12.6 Å². The summed E-state index contributed by atoms with van der Waals surface area (Å²) in [5.41, 5.74) is 4.81. The number of ether oxygens (including phenoxy) is 2. The van der Waals surface area contributed by atoms with E-state index in [9.17, 15) is 9.59 Å². The van der Waals surface area contributed by atoms with Crippen molar-refractivity contribution in [1.29, 1.82) is 0 Å². The van der Waals surface area contributed by atoms with Gasteiger partial charge in [-0.3, -0.25) is 9.78 Å². The third-order valence-corrected chi connectivity index (χ3v) is 6.67. The first-order valence-electron chi connectivity index (χ1n) is 12.2. The summed E-state index contributed by atoms with van der Waals surface area (Å²) >= 11 is 1.65. The van der Waals surface area contributed by atoms with E-state index in [1.807, 2.05) is 39.0 Å². The lowest BCUT2D eigenvalue weighted by atomic mass is 9.94. The Kier molecular flexibility index (Phi) is 8.03. The summed E-state index contributed by atoms with van der Waals surface area (Å²) < 4.78 is 12.4. The van der Waals surface area contributed by atoms with Crippen LogP contribution in [-0.2, 0) is 34.6 Å². The number of aromatic amines is 1. The fourth-order valence-electron chi connectivity index (χ4n) is 4.12. The predicted molar refractivity (Wildman–Crippen MR) is 138 cm³/mol. The Morgan fingerprint density at radius 3 is 2.69 bits per heavy atom. The zero-order chi connectivity index (χ0) is 25.7. The van der Waals surface area contributed by atoms with Gasteiger partial charge >= 0.3 is 12.1 Å². The van der Waals surface area contributed by atoms with Crippen molar-refractivity contribution in [2.24, 2.45) is 0 Å². The highest BCUT2D eigenvalue weighted by molar-refractivity contribution is 7.98. The Balaban J connectivity index is 1.54. The van der Waals surface area contributed by atoms with Crippen molar-refractivity contribution in [3.05, 3.63) is 52.8 Å². The van der Waals surface area contributed by atoms with Crippen LogP contribution < -0.4 is 5.32 Å². The maximum atomic E-state index is 12.9. The number of hydrogen-bond acceptors (Lipinski definition) is 7. The van der Waals surface area contributed by atoms with Crippen molar-refractivity contribution in [2.75, 3.05) is 13.2 Å². The molecule has 0 saturated heterocycles. The summed E-state index contributed by atoms with van der Waals surface area (Å²) in [5.74, 6) is 0.409. The highest BCUT2D eigenvalue weighted by atomic mass is 32.2. The summed E-state index contributed by atoms with van der Waals surface area (Å²) in [6.07, 6.45) is 1.55. The standard InChI is InChI=1S/C26H33N5O4S/c1-5-34-24(32)22-18-12-13-19-20(23(29-28-19)36-16-17-10-7-6-8-11-17)21(18)30-31(22)15-9-14-27-25(33)35-26(2,3)4/h6-8,10-11H,5,9,12-16H2,1-4H3,(H,27,33)(H,28,29). The van der Waals surface area contributed by atoms with E-state index in [1.54, 1.807) is 23.4 Å². The highest BCUT2D eigenvalue weighted by Crippen LogP contribution is 2.40. The molecule has 0 radical (unpaired) electrons. The van der Waals surface area contributed by atoms with Gasteiger partial charge in [-0.25, -0.2) is 9.59 Å². The summed E-state index contributed by atoms with van der Waals surface area (Å²) in [6.45, 7) is 8.40. The molecule has 0 unspecified atom stereocenters. The predicted octanol–water partition coefficient (Wildman–Crippen LogP) is 4.76. The second-order valence-electron chi connectivity index (χ2n) is 9.56. The van der Waals surface area contributed by atoms with Gasteiger partial charge in [0, 0.05) is 30.1 Å². The first-order valence-corrected chi connectivity index (χ1v) is 13.2. The molecule has 1 aliphatic rings. The van der Waals surface area contributed by atoms with Crippen molar-refractivity contribution in [2.45, 2.75) is 69.9 Å². The molecule has 0 atom stereocenters. The molecule has 3 aromatic rings. The molecule has 0 saturated carbocycles. The Bertz CT molecular complexity index is 1210. The van der Waals surface area contributed by atoms with E-state index in [4.69, 9.17) is 14.6 Å². The van der Waals surface area contributed by atoms with Gasteiger partial charge in [-0.05, 0) is 52.5 Å². The zero-order valence-corrected chi connectivity index (χ0v) is 22.0. The Labute approximate surface area is 215 Å². The Morgan fingerprint density at radius 2 is 1.97 bits per heavy atom. The van der Waals surface area contributed by atoms with Gasteiger partial charge < -0.3 is 14.8 Å². The quantitative estimate of drug-likeness (QED) is 0.242. The van der Waals surface area contributed by atoms with E-state index in [0.717, 1.165) is 39.7 Å². The first kappa shape index (κ1) is 25.8. The van der Waals surface area contributed by atoms with Crippen LogP contribution in [0, 0.1) is 0 Å². The van der Waals surface area contributed by atoms with Crippen LogP contribution >= 0.6 is 11.8 Å². The second-order valence-corrected chi connectivity index (χ2v) is 10.5. The number of amides is 1. The van der Waals surface area contributed by atoms with Gasteiger partial charge in [-0.1, -0.05) is 42.1 Å². The van der Waals surface area contributed by atoms with Gasteiger partial charge in [0.05, 0.1) is 12.2 Å². The molecule has 1 aromatic carbocycles. The Hall–Kier alpha value is -3.27. The number of alkyl carbamates (subject to hydrolysis) is 1. The summed E-state index contributed by atoms with van der Waals surface area (Å²) in [6, 6.07) is 10.2. The molecule has 0 fully saturated rings. The van der Waals surface area contributed by atoms with Crippen LogP contribution in [0.2, 0.25) is 0 Å². The number of H-pyrrole nitrogens is 1. The lowest BCUT2D eigenvalue weighted by molar-refractivity contribution is 0.0500. The molecule has 192 valence electrons. The van der Waals surface area contributed by atoms with E-state index in [0.29, 0.717) is 31.6 Å². The molecule has 1 aliphatic carbocycles. The number of hydrogen-bond donors (Lipinski definition) is 2. The maximum absolute atomic E-state index is 12.9. The van der Waals surface area contributed by atoms with Crippen molar-refractivity contribution < 1.29 is 19.1 Å². The average Bonchev–Trinajstić information content (AvgIpc) is 3.41. The monoisotopic (exact) mass is 511 g/mol. The van der Waals surface area contributed by atoms with Gasteiger partial charge in [-0.15, -0.1) is 0 Å². The molecule has 1 amide bonds. The van der Waals surface area contributed by atoms with Crippen LogP contribution in [0.15, 0.2) is 35.4 Å². The fraction of sp³-hybridized carbons (Fsp3) is 0.462. The molecule has 4 rings (SSSR count). The minimum absolute atomic E-state index is 0.286. The maximum Gasteiger partial charge on any atom is 0.407 e. The van der Waals surface area contributed by atoms with E-state index < -0.39 is 11.7 Å². The van der Waals surface area contributed by atoms with Crippen molar-refractivity contribution >= 4 is 23.8 Å². The lowest BCUT2D eigenvalue weighted by Gasteiger charge is -2.19. The number of esters is 1. The Morgan fingerprint density at radius 1 is 1.19 bits per heavy atom. The molecule has 2 N–H and O–H groups in total. The molecule has 0 bridgehead atoms. The number of benzene rings is 1. The van der Waals surface area contributed by atoms with Crippen LogP contribution in [0.5, 0.6) is 0 Å². The molecular weight excluding hydrogens is 478 g/mol.